The fraction of sp³-hybridized carbons (Fsp3) is 0.917. The fourth-order valence-corrected chi connectivity index (χ4v) is 1.69. The Balaban J connectivity index is 1.68. The summed E-state index contributed by atoms with van der Waals surface area (Å²) in [7, 11) is 0. The summed E-state index contributed by atoms with van der Waals surface area (Å²) in [6.07, 6.45) is 10.2. The third-order valence-electron chi connectivity index (χ3n) is 2.71. The number of carbonyl (C=O) groups is 1. The van der Waals surface area contributed by atoms with Crippen molar-refractivity contribution in [3.8, 4) is 0 Å². The summed E-state index contributed by atoms with van der Waals surface area (Å²) in [5.41, 5.74) is 0. The van der Waals surface area contributed by atoms with Crippen LogP contribution in [-0.2, 0) is 9.53 Å². The van der Waals surface area contributed by atoms with E-state index in [1.165, 1.54) is 38.5 Å². The lowest BCUT2D eigenvalue weighted by molar-refractivity contribution is -0.117. The summed E-state index contributed by atoms with van der Waals surface area (Å²) in [6.45, 7) is 2.67. The molecule has 82 valence electrons. The summed E-state index contributed by atoms with van der Waals surface area (Å²) in [4.78, 5) is 10.6. The fourth-order valence-electron chi connectivity index (χ4n) is 1.69. The predicted molar refractivity (Wildman–Crippen MR) is 57.4 cm³/mol. The molecule has 0 saturated carbocycles. The van der Waals surface area contributed by atoms with Crippen molar-refractivity contribution in [2.24, 2.45) is 0 Å². The van der Waals surface area contributed by atoms with Gasteiger partial charge in [-0.15, -0.1) is 0 Å². The zero-order valence-corrected chi connectivity index (χ0v) is 9.26. The number of rotatable bonds is 9. The summed E-state index contributed by atoms with van der Waals surface area (Å²) in [6, 6.07) is 0. The van der Waals surface area contributed by atoms with Gasteiger partial charge in [0, 0.05) is 6.42 Å². The largest absolute Gasteiger partial charge is 0.373 e. The van der Waals surface area contributed by atoms with Gasteiger partial charge in [0.2, 0.25) is 0 Å². The maximum absolute atomic E-state index is 10.6. The smallest absolute Gasteiger partial charge is 0.129 e. The first kappa shape index (κ1) is 11.7. The van der Waals surface area contributed by atoms with Crippen molar-refractivity contribution in [1.29, 1.82) is 0 Å². The number of carbonyl (C=O) groups excluding carboxylic acids is 1. The molecule has 0 aromatic carbocycles. The minimum Gasteiger partial charge on any atom is -0.373 e. The van der Waals surface area contributed by atoms with E-state index in [1.54, 1.807) is 6.92 Å². The number of Topliss-reactive ketones (excluding diaryl/α,β-unsaturated/α-hetero) is 1. The van der Waals surface area contributed by atoms with Gasteiger partial charge in [0.15, 0.2) is 0 Å². The van der Waals surface area contributed by atoms with Crippen LogP contribution < -0.4 is 0 Å². The van der Waals surface area contributed by atoms with E-state index < -0.39 is 0 Å². The van der Waals surface area contributed by atoms with Gasteiger partial charge in [-0.3, -0.25) is 0 Å². The number of ether oxygens (including phenoxy) is 1. The molecule has 1 unspecified atom stereocenters. The topological polar surface area (TPSA) is 29.6 Å². The third kappa shape index (κ3) is 7.07. The zero-order chi connectivity index (χ0) is 10.2. The highest BCUT2D eigenvalue weighted by Gasteiger charge is 2.20. The first-order chi connectivity index (χ1) is 6.79. The Labute approximate surface area is 87.0 Å². The van der Waals surface area contributed by atoms with Crippen molar-refractivity contribution in [3.05, 3.63) is 0 Å². The predicted octanol–water partition coefficient (Wildman–Crippen LogP) is 3.10. The van der Waals surface area contributed by atoms with Crippen molar-refractivity contribution < 1.29 is 9.53 Å². The molecule has 1 rings (SSSR count). The molecular weight excluding hydrogens is 176 g/mol. The summed E-state index contributed by atoms with van der Waals surface area (Å²) >= 11 is 0. The van der Waals surface area contributed by atoms with E-state index in [9.17, 15) is 4.79 Å². The van der Waals surface area contributed by atoms with Gasteiger partial charge in [-0.1, -0.05) is 32.1 Å². The molecule has 1 aliphatic heterocycles. The van der Waals surface area contributed by atoms with Crippen molar-refractivity contribution in [2.75, 3.05) is 6.61 Å². The molecule has 0 aromatic heterocycles. The van der Waals surface area contributed by atoms with Crippen LogP contribution >= 0.6 is 0 Å². The molecule has 0 bridgehead atoms. The lowest BCUT2D eigenvalue weighted by atomic mass is 10.1. The van der Waals surface area contributed by atoms with E-state index in [4.69, 9.17) is 4.74 Å². The van der Waals surface area contributed by atoms with Gasteiger partial charge in [0.25, 0.3) is 0 Å². The highest BCUT2D eigenvalue weighted by molar-refractivity contribution is 5.75. The van der Waals surface area contributed by atoms with Crippen molar-refractivity contribution in [1.82, 2.24) is 0 Å². The van der Waals surface area contributed by atoms with Crippen molar-refractivity contribution in [3.63, 3.8) is 0 Å². The molecule has 0 radical (unpaired) electrons. The number of hydrogen-bond donors (Lipinski definition) is 0. The zero-order valence-electron chi connectivity index (χ0n) is 9.26. The van der Waals surface area contributed by atoms with Gasteiger partial charge in [-0.05, 0) is 19.8 Å². The lowest BCUT2D eigenvalue weighted by Crippen LogP contribution is -1.89. The summed E-state index contributed by atoms with van der Waals surface area (Å²) in [5.74, 6) is 0.330. The molecule has 0 amide bonds. The van der Waals surface area contributed by atoms with Crippen LogP contribution in [0.3, 0.4) is 0 Å². The minimum atomic E-state index is 0.330. The average Bonchev–Trinajstić information content (AvgIpc) is 2.92. The SMILES string of the molecule is CC(=O)CCCCCCCCC1CO1. The van der Waals surface area contributed by atoms with Crippen LogP contribution in [0.1, 0.15) is 58.3 Å². The number of unbranched alkanes of at least 4 members (excludes halogenated alkanes) is 5. The molecule has 1 atom stereocenters. The normalized spacial score (nSPS) is 19.6. The summed E-state index contributed by atoms with van der Waals surface area (Å²) < 4.78 is 5.14. The molecular formula is C12H22O2. The Hall–Kier alpha value is -0.370. The Kier molecular flexibility index (Phi) is 5.85. The van der Waals surface area contributed by atoms with Gasteiger partial charge in [-0.2, -0.15) is 0 Å². The second-order valence-corrected chi connectivity index (χ2v) is 4.32. The Morgan fingerprint density at radius 3 is 2.29 bits per heavy atom. The molecule has 1 saturated heterocycles. The number of hydrogen-bond acceptors (Lipinski definition) is 2. The van der Waals surface area contributed by atoms with Crippen LogP contribution in [0.4, 0.5) is 0 Å². The monoisotopic (exact) mass is 198 g/mol. The van der Waals surface area contributed by atoms with Crippen LogP contribution in [0, 0.1) is 0 Å². The maximum Gasteiger partial charge on any atom is 0.129 e. The maximum atomic E-state index is 10.6. The van der Waals surface area contributed by atoms with Gasteiger partial charge in [0.1, 0.15) is 5.78 Å². The molecule has 0 spiro atoms. The van der Waals surface area contributed by atoms with E-state index >= 15 is 0 Å². The van der Waals surface area contributed by atoms with Gasteiger partial charge < -0.3 is 9.53 Å². The van der Waals surface area contributed by atoms with Crippen LogP contribution in [-0.4, -0.2) is 18.5 Å². The molecule has 0 aromatic rings. The number of epoxide rings is 1. The Morgan fingerprint density at radius 2 is 1.71 bits per heavy atom. The molecule has 0 N–H and O–H groups in total. The summed E-state index contributed by atoms with van der Waals surface area (Å²) in [5, 5.41) is 0. The minimum absolute atomic E-state index is 0.330. The van der Waals surface area contributed by atoms with E-state index in [-0.39, 0.29) is 0 Å². The Morgan fingerprint density at radius 1 is 1.14 bits per heavy atom. The van der Waals surface area contributed by atoms with Crippen LogP contribution in [0.25, 0.3) is 0 Å². The average molecular weight is 198 g/mol. The van der Waals surface area contributed by atoms with Gasteiger partial charge in [-0.25, -0.2) is 0 Å². The first-order valence-corrected chi connectivity index (χ1v) is 5.90. The first-order valence-electron chi connectivity index (χ1n) is 5.90. The van der Waals surface area contributed by atoms with Crippen LogP contribution in [0.5, 0.6) is 0 Å². The second kappa shape index (κ2) is 6.99. The van der Waals surface area contributed by atoms with E-state index in [1.807, 2.05) is 0 Å². The van der Waals surface area contributed by atoms with Crippen molar-refractivity contribution in [2.45, 2.75) is 64.4 Å². The highest BCUT2D eigenvalue weighted by atomic mass is 16.6. The van der Waals surface area contributed by atoms with Gasteiger partial charge in [0.05, 0.1) is 12.7 Å². The van der Waals surface area contributed by atoms with Crippen LogP contribution in [0.15, 0.2) is 0 Å². The molecule has 1 heterocycles. The third-order valence-corrected chi connectivity index (χ3v) is 2.71. The molecule has 14 heavy (non-hydrogen) atoms. The van der Waals surface area contributed by atoms with Crippen molar-refractivity contribution >= 4 is 5.78 Å². The van der Waals surface area contributed by atoms with E-state index in [2.05, 4.69) is 0 Å². The lowest BCUT2D eigenvalue weighted by Gasteiger charge is -1.99. The molecule has 1 fully saturated rings. The number of ketones is 1. The molecule has 0 aliphatic carbocycles. The Bertz CT molecular complexity index is 162. The van der Waals surface area contributed by atoms with E-state index in [0.29, 0.717) is 11.9 Å². The van der Waals surface area contributed by atoms with E-state index in [0.717, 1.165) is 19.4 Å². The van der Waals surface area contributed by atoms with Crippen LogP contribution in [0.2, 0.25) is 0 Å². The molecule has 1 aliphatic rings. The molecule has 2 nitrogen and oxygen atoms in total. The second-order valence-electron chi connectivity index (χ2n) is 4.32. The van der Waals surface area contributed by atoms with Gasteiger partial charge >= 0.3 is 0 Å². The molecule has 2 heteroatoms. The highest BCUT2D eigenvalue weighted by Crippen LogP contribution is 2.18. The quantitative estimate of drug-likeness (QED) is 0.421. The standard InChI is InChI=1S/C12H22O2/c1-11(13)8-6-4-2-3-5-7-9-12-10-14-12/h12H,2-10H2,1H3.